The second-order valence-corrected chi connectivity index (χ2v) is 11.8. The molecule has 1 aromatic heterocycles. The maximum Gasteiger partial charge on any atom is 0.216 e. The lowest BCUT2D eigenvalue weighted by atomic mass is 10.0. The highest BCUT2D eigenvalue weighted by Crippen LogP contribution is 2.39. The van der Waals surface area contributed by atoms with E-state index in [0.717, 1.165) is 52.5 Å². The number of thioether (sulfide) groups is 1. The highest BCUT2D eigenvalue weighted by molar-refractivity contribution is 8.00. The molecule has 0 unspecified atom stereocenters. The van der Waals surface area contributed by atoms with Crippen LogP contribution in [0.2, 0.25) is 0 Å². The zero-order valence-corrected chi connectivity index (χ0v) is 18.7. The lowest BCUT2D eigenvalue weighted by Crippen LogP contribution is -2.40. The number of rotatable bonds is 5. The van der Waals surface area contributed by atoms with Gasteiger partial charge in [0.25, 0.3) is 0 Å². The second-order valence-electron chi connectivity index (χ2n) is 8.22. The number of nitrogens with zero attached hydrogens (tertiary/aromatic N) is 3. The Morgan fingerprint density at radius 1 is 1.03 bits per heavy atom. The van der Waals surface area contributed by atoms with Crippen molar-refractivity contribution in [3.8, 4) is 17.2 Å². The van der Waals surface area contributed by atoms with Crippen molar-refractivity contribution in [2.45, 2.75) is 41.1 Å². The van der Waals surface area contributed by atoms with Gasteiger partial charge in [0.15, 0.2) is 0 Å². The van der Waals surface area contributed by atoms with Crippen LogP contribution in [0, 0.1) is 11.3 Å². The summed E-state index contributed by atoms with van der Waals surface area (Å²) in [6.07, 6.45) is 7.04. The summed E-state index contributed by atoms with van der Waals surface area (Å²) in [5, 5.41) is 11.7. The van der Waals surface area contributed by atoms with Crippen LogP contribution in [0.5, 0.6) is 0 Å². The number of nitriles is 1. The van der Waals surface area contributed by atoms with Crippen LogP contribution in [0.3, 0.4) is 0 Å². The SMILES string of the molecule is N#Cc1cccc(-c2cc(SC3CCN(S(=O)(=O)C4CC4)CC3)c3cnccc3c2)c1. The van der Waals surface area contributed by atoms with Crippen molar-refractivity contribution in [3.63, 3.8) is 0 Å². The zero-order chi connectivity index (χ0) is 21.4. The number of pyridine rings is 1. The molecular formula is C24H23N3O2S2. The molecule has 0 spiro atoms. The minimum absolute atomic E-state index is 0.132. The summed E-state index contributed by atoms with van der Waals surface area (Å²) in [6.45, 7) is 1.22. The lowest BCUT2D eigenvalue weighted by molar-refractivity contribution is 0.352. The minimum atomic E-state index is -3.08. The summed E-state index contributed by atoms with van der Waals surface area (Å²) in [6, 6.07) is 16.2. The van der Waals surface area contributed by atoms with Crippen molar-refractivity contribution in [1.82, 2.24) is 9.29 Å². The van der Waals surface area contributed by atoms with Crippen LogP contribution in [0.1, 0.15) is 31.2 Å². The topological polar surface area (TPSA) is 74.1 Å². The molecule has 3 aromatic rings. The van der Waals surface area contributed by atoms with E-state index < -0.39 is 10.0 Å². The Morgan fingerprint density at radius 3 is 2.58 bits per heavy atom. The molecule has 2 heterocycles. The van der Waals surface area contributed by atoms with Gasteiger partial charge in [0.05, 0.1) is 16.9 Å². The molecule has 1 saturated carbocycles. The summed E-state index contributed by atoms with van der Waals surface area (Å²) in [5.41, 5.74) is 2.74. The molecule has 0 N–H and O–H groups in total. The number of sulfonamides is 1. The van der Waals surface area contributed by atoms with E-state index in [-0.39, 0.29) is 5.25 Å². The summed E-state index contributed by atoms with van der Waals surface area (Å²) in [7, 11) is -3.08. The number of piperidine rings is 1. The van der Waals surface area contributed by atoms with Gasteiger partial charge in [-0.25, -0.2) is 12.7 Å². The standard InChI is InChI=1S/C24H23N3O2S2/c25-15-17-2-1-3-18(12-17)20-13-19-6-9-26-16-23(19)24(14-20)30-21-7-10-27(11-8-21)31(28,29)22-4-5-22/h1-3,6,9,12-14,16,21-22H,4-5,7-8,10-11H2. The normalized spacial score (nSPS) is 18.2. The average molecular weight is 450 g/mol. The van der Waals surface area contributed by atoms with Crippen LogP contribution in [0.4, 0.5) is 0 Å². The van der Waals surface area contributed by atoms with Gasteiger partial charge in [0, 0.05) is 41.0 Å². The van der Waals surface area contributed by atoms with Crippen molar-refractivity contribution in [3.05, 3.63) is 60.4 Å². The van der Waals surface area contributed by atoms with Crippen LogP contribution in [-0.4, -0.2) is 41.3 Å². The van der Waals surface area contributed by atoms with Crippen LogP contribution < -0.4 is 0 Å². The molecule has 0 bridgehead atoms. The molecule has 1 saturated heterocycles. The Morgan fingerprint density at radius 2 is 1.84 bits per heavy atom. The predicted octanol–water partition coefficient (Wildman–Crippen LogP) is 4.82. The lowest BCUT2D eigenvalue weighted by Gasteiger charge is -2.31. The van der Waals surface area contributed by atoms with Gasteiger partial charge in [-0.15, -0.1) is 11.8 Å². The first kappa shape index (κ1) is 20.5. The van der Waals surface area contributed by atoms with Gasteiger partial charge in [0.1, 0.15) is 0 Å². The van der Waals surface area contributed by atoms with Crippen molar-refractivity contribution < 1.29 is 8.42 Å². The molecule has 5 nitrogen and oxygen atoms in total. The molecule has 5 rings (SSSR count). The largest absolute Gasteiger partial charge is 0.264 e. The third-order valence-corrected chi connectivity index (χ3v) is 9.84. The van der Waals surface area contributed by atoms with Crippen molar-refractivity contribution >= 4 is 32.6 Å². The summed E-state index contributed by atoms with van der Waals surface area (Å²) in [4.78, 5) is 5.48. The van der Waals surface area contributed by atoms with E-state index in [1.165, 1.54) is 0 Å². The maximum absolute atomic E-state index is 12.5. The highest BCUT2D eigenvalue weighted by atomic mass is 32.2. The minimum Gasteiger partial charge on any atom is -0.264 e. The zero-order valence-electron chi connectivity index (χ0n) is 17.1. The Kier molecular flexibility index (Phi) is 5.47. The molecule has 31 heavy (non-hydrogen) atoms. The molecule has 158 valence electrons. The third-order valence-electron chi connectivity index (χ3n) is 6.04. The Hall–Kier alpha value is -2.40. The number of fused-ring (bicyclic) bond motifs is 1. The number of aromatic nitrogens is 1. The van der Waals surface area contributed by atoms with Gasteiger partial charge in [-0.2, -0.15) is 5.26 Å². The smallest absolute Gasteiger partial charge is 0.216 e. The van der Waals surface area contributed by atoms with Crippen LogP contribution in [0.15, 0.2) is 59.8 Å². The second kappa shape index (κ2) is 8.27. The molecule has 1 aliphatic carbocycles. The summed E-state index contributed by atoms with van der Waals surface area (Å²) < 4.78 is 26.8. The first-order chi connectivity index (χ1) is 15.0. The van der Waals surface area contributed by atoms with Crippen LogP contribution in [0.25, 0.3) is 21.9 Å². The molecule has 7 heteroatoms. The van der Waals surface area contributed by atoms with Gasteiger partial charge in [0.2, 0.25) is 10.0 Å². The predicted molar refractivity (Wildman–Crippen MR) is 124 cm³/mol. The number of hydrogen-bond acceptors (Lipinski definition) is 5. The number of benzene rings is 2. The number of hydrogen-bond donors (Lipinski definition) is 0. The molecule has 0 atom stereocenters. The average Bonchev–Trinajstić information content (AvgIpc) is 3.66. The van der Waals surface area contributed by atoms with E-state index in [1.54, 1.807) is 10.5 Å². The fourth-order valence-electron chi connectivity index (χ4n) is 4.16. The maximum atomic E-state index is 12.5. The fourth-order valence-corrected chi connectivity index (χ4v) is 7.33. The van der Waals surface area contributed by atoms with Gasteiger partial charge in [-0.05, 0) is 72.5 Å². The Labute approximate surface area is 187 Å². The monoisotopic (exact) mass is 449 g/mol. The fraction of sp³-hybridized carbons (Fsp3) is 0.333. The Bertz CT molecular complexity index is 1270. The molecule has 1 aliphatic heterocycles. The van der Waals surface area contributed by atoms with E-state index in [1.807, 2.05) is 48.3 Å². The first-order valence-electron chi connectivity index (χ1n) is 10.6. The van der Waals surface area contributed by atoms with Crippen molar-refractivity contribution in [2.75, 3.05) is 13.1 Å². The highest BCUT2D eigenvalue weighted by Gasteiger charge is 2.41. The van der Waals surface area contributed by atoms with Crippen LogP contribution >= 0.6 is 11.8 Å². The van der Waals surface area contributed by atoms with E-state index in [2.05, 4.69) is 23.2 Å². The molecular weight excluding hydrogens is 426 g/mol. The first-order valence-corrected chi connectivity index (χ1v) is 13.0. The van der Waals surface area contributed by atoms with E-state index >= 15 is 0 Å². The molecule has 2 aromatic carbocycles. The molecule has 0 amide bonds. The van der Waals surface area contributed by atoms with Crippen molar-refractivity contribution in [2.24, 2.45) is 0 Å². The molecule has 2 fully saturated rings. The van der Waals surface area contributed by atoms with Gasteiger partial charge in [-0.3, -0.25) is 4.98 Å². The Balaban J connectivity index is 1.41. The summed E-state index contributed by atoms with van der Waals surface area (Å²) in [5.74, 6) is 0. The van der Waals surface area contributed by atoms with E-state index in [9.17, 15) is 13.7 Å². The summed E-state index contributed by atoms with van der Waals surface area (Å²) >= 11 is 1.82. The van der Waals surface area contributed by atoms with Gasteiger partial charge >= 0.3 is 0 Å². The van der Waals surface area contributed by atoms with E-state index in [0.29, 0.717) is 23.9 Å². The van der Waals surface area contributed by atoms with Crippen LogP contribution in [-0.2, 0) is 10.0 Å². The quantitative estimate of drug-likeness (QED) is 0.558. The van der Waals surface area contributed by atoms with Gasteiger partial charge < -0.3 is 0 Å². The molecule has 2 aliphatic rings. The molecule has 0 radical (unpaired) electrons. The van der Waals surface area contributed by atoms with E-state index in [4.69, 9.17) is 0 Å². The van der Waals surface area contributed by atoms with Gasteiger partial charge in [-0.1, -0.05) is 12.1 Å². The van der Waals surface area contributed by atoms with Crippen molar-refractivity contribution in [1.29, 1.82) is 5.26 Å². The third kappa shape index (κ3) is 4.20.